The van der Waals surface area contributed by atoms with Crippen molar-refractivity contribution in [2.45, 2.75) is 49.3 Å². The molecule has 0 fully saturated rings. The Kier molecular flexibility index (Phi) is 7.39. The molecule has 1 N–H and O–H groups in total. The van der Waals surface area contributed by atoms with Gasteiger partial charge in [-0.15, -0.1) is 11.3 Å². The van der Waals surface area contributed by atoms with Crippen LogP contribution >= 0.6 is 23.1 Å². The van der Waals surface area contributed by atoms with Crippen LogP contribution in [0.5, 0.6) is 0 Å². The molecular weight excluding hydrogens is 472 g/mol. The van der Waals surface area contributed by atoms with Gasteiger partial charge in [-0.25, -0.2) is 4.98 Å². The third-order valence-electron chi connectivity index (χ3n) is 5.24. The molecule has 3 aromatic rings. The second-order valence-corrected chi connectivity index (χ2v) is 9.58. The van der Waals surface area contributed by atoms with E-state index in [2.05, 4.69) is 10.3 Å². The van der Waals surface area contributed by atoms with Crippen LogP contribution in [0.25, 0.3) is 10.2 Å². The van der Waals surface area contributed by atoms with Gasteiger partial charge in [-0.3, -0.25) is 19.0 Å². The summed E-state index contributed by atoms with van der Waals surface area (Å²) in [5.74, 6) is -3.92. The normalized spacial score (nSPS) is 13.2. The van der Waals surface area contributed by atoms with E-state index in [0.717, 1.165) is 36.1 Å². The van der Waals surface area contributed by atoms with Crippen molar-refractivity contribution in [3.05, 3.63) is 51.4 Å². The van der Waals surface area contributed by atoms with Crippen LogP contribution in [0.3, 0.4) is 0 Å². The summed E-state index contributed by atoms with van der Waals surface area (Å²) in [6.07, 6.45) is 5.33. The lowest BCUT2D eigenvalue weighted by atomic mass is 9.97. The van der Waals surface area contributed by atoms with Gasteiger partial charge in [-0.05, 0) is 43.4 Å². The van der Waals surface area contributed by atoms with E-state index in [-0.39, 0.29) is 29.1 Å². The maximum absolute atomic E-state index is 12.9. The van der Waals surface area contributed by atoms with Gasteiger partial charge >= 0.3 is 5.97 Å². The largest absolute Gasteiger partial charge is 0.456 e. The number of hydrogen-bond acceptors (Lipinski definition) is 7. The first-order valence-corrected chi connectivity index (χ1v) is 12.1. The van der Waals surface area contributed by atoms with Crippen LogP contribution in [-0.4, -0.2) is 33.8 Å². The van der Waals surface area contributed by atoms with Crippen LogP contribution < -0.4 is 10.9 Å². The monoisotopic (exact) mass is 493 g/mol. The van der Waals surface area contributed by atoms with Crippen molar-refractivity contribution in [2.75, 3.05) is 11.9 Å². The number of carbonyl (C=O) groups excluding carboxylic acids is 2. The number of aryl methyl sites for hydroxylation is 3. The fraction of sp³-hybridized carbons (Fsp3) is 0.364. The minimum Gasteiger partial charge on any atom is -0.456 e. The van der Waals surface area contributed by atoms with Gasteiger partial charge in [0.05, 0.1) is 23.8 Å². The van der Waals surface area contributed by atoms with Gasteiger partial charge in [-0.2, -0.15) is 8.78 Å². The van der Waals surface area contributed by atoms with E-state index < -0.39 is 24.2 Å². The summed E-state index contributed by atoms with van der Waals surface area (Å²) >= 11 is 1.87. The van der Waals surface area contributed by atoms with Crippen LogP contribution in [0.15, 0.2) is 40.3 Å². The number of halogens is 2. The average Bonchev–Trinajstić information content (AvgIpc) is 3.17. The predicted molar refractivity (Wildman–Crippen MR) is 123 cm³/mol. The van der Waals surface area contributed by atoms with Gasteiger partial charge < -0.3 is 10.1 Å². The van der Waals surface area contributed by atoms with E-state index in [1.54, 1.807) is 23.5 Å². The first kappa shape index (κ1) is 23.4. The third kappa shape index (κ3) is 5.59. The smallest absolute Gasteiger partial charge is 0.308 e. The quantitative estimate of drug-likeness (QED) is 0.373. The van der Waals surface area contributed by atoms with Gasteiger partial charge in [0, 0.05) is 16.3 Å². The second-order valence-electron chi connectivity index (χ2n) is 7.47. The standard InChI is InChI=1S/C22H21F2N3O4S2/c23-22(24)33-16-8-4-2-6-14(16)26-17(28)11-31-18(29)9-10-27-12-25-20-19(21(27)30)13-5-1-3-7-15(13)32-20/h2,4,6,8,12,22H,1,3,5,7,9-11H2,(H,26,28). The number of hydrogen-bond donors (Lipinski definition) is 1. The molecule has 0 saturated carbocycles. The van der Waals surface area contributed by atoms with Gasteiger partial charge in [0.25, 0.3) is 17.2 Å². The number of thiophene rings is 1. The summed E-state index contributed by atoms with van der Waals surface area (Å²) in [5.41, 5.74) is 1.13. The molecule has 11 heteroatoms. The van der Waals surface area contributed by atoms with Crippen LogP contribution in [0.2, 0.25) is 0 Å². The van der Waals surface area contributed by atoms with Gasteiger partial charge in [0.1, 0.15) is 4.83 Å². The number of thioether (sulfide) groups is 1. The molecule has 0 unspecified atom stereocenters. The van der Waals surface area contributed by atoms with Gasteiger partial charge in [0.2, 0.25) is 0 Å². The number of carbonyl (C=O) groups is 2. The van der Waals surface area contributed by atoms with Crippen LogP contribution in [0.1, 0.15) is 29.7 Å². The molecule has 0 atom stereocenters. The molecule has 0 bridgehead atoms. The zero-order valence-electron chi connectivity index (χ0n) is 17.5. The number of para-hydroxylation sites is 1. The minimum absolute atomic E-state index is 0.0840. The molecule has 7 nitrogen and oxygen atoms in total. The van der Waals surface area contributed by atoms with Crippen LogP contribution in [0, 0.1) is 0 Å². The Hall–Kier alpha value is -2.79. The maximum Gasteiger partial charge on any atom is 0.308 e. The summed E-state index contributed by atoms with van der Waals surface area (Å²) in [6.45, 7) is -0.475. The van der Waals surface area contributed by atoms with E-state index >= 15 is 0 Å². The van der Waals surface area contributed by atoms with Crippen LogP contribution in [0.4, 0.5) is 14.5 Å². The molecule has 0 spiro atoms. The molecule has 0 radical (unpaired) electrons. The third-order valence-corrected chi connectivity index (χ3v) is 7.23. The van der Waals surface area contributed by atoms with Crippen molar-refractivity contribution in [1.82, 2.24) is 9.55 Å². The summed E-state index contributed by atoms with van der Waals surface area (Å²) in [7, 11) is 0. The zero-order chi connectivity index (χ0) is 23.4. The molecule has 33 heavy (non-hydrogen) atoms. The van der Waals surface area contributed by atoms with Crippen molar-refractivity contribution in [2.24, 2.45) is 0 Å². The molecule has 1 aliphatic carbocycles. The van der Waals surface area contributed by atoms with E-state index in [4.69, 9.17) is 4.74 Å². The fourth-order valence-electron chi connectivity index (χ4n) is 3.73. The molecule has 0 saturated heterocycles. The fourth-order valence-corrected chi connectivity index (χ4v) is 5.54. The number of benzene rings is 1. The van der Waals surface area contributed by atoms with Crippen molar-refractivity contribution < 1.29 is 23.1 Å². The van der Waals surface area contributed by atoms with E-state index in [1.165, 1.54) is 27.9 Å². The molecular formula is C22H21F2N3O4S2. The maximum atomic E-state index is 12.9. The van der Waals surface area contributed by atoms with Crippen molar-refractivity contribution in [3.63, 3.8) is 0 Å². The summed E-state index contributed by atoms with van der Waals surface area (Å²) in [4.78, 5) is 43.6. The Balaban J connectivity index is 1.32. The minimum atomic E-state index is -2.63. The lowest BCUT2D eigenvalue weighted by molar-refractivity contribution is -0.147. The topological polar surface area (TPSA) is 90.3 Å². The molecule has 0 aliphatic heterocycles. The number of ether oxygens (including phenoxy) is 1. The number of fused-ring (bicyclic) bond motifs is 3. The number of rotatable bonds is 8. The summed E-state index contributed by atoms with van der Waals surface area (Å²) in [6, 6.07) is 6.14. The Bertz CT molecular complexity index is 1240. The molecule has 1 amide bonds. The lowest BCUT2D eigenvalue weighted by Gasteiger charge is -2.11. The highest BCUT2D eigenvalue weighted by molar-refractivity contribution is 7.99. The first-order valence-electron chi connectivity index (χ1n) is 10.4. The second kappa shape index (κ2) is 10.4. The molecule has 1 aromatic carbocycles. The Morgan fingerprint density at radius 3 is 2.85 bits per heavy atom. The SMILES string of the molecule is O=C(COC(=O)CCn1cnc2sc3c(c2c1=O)CCCC3)Nc1ccccc1SC(F)F. The predicted octanol–water partition coefficient (Wildman–Crippen LogP) is 4.22. The summed E-state index contributed by atoms with van der Waals surface area (Å²) in [5, 5.41) is 3.11. The van der Waals surface area contributed by atoms with Crippen molar-refractivity contribution in [1.29, 1.82) is 0 Å². The highest BCUT2D eigenvalue weighted by atomic mass is 32.2. The van der Waals surface area contributed by atoms with E-state index in [0.29, 0.717) is 17.1 Å². The molecule has 2 aromatic heterocycles. The highest BCUT2D eigenvalue weighted by Crippen LogP contribution is 2.33. The van der Waals surface area contributed by atoms with E-state index in [1.807, 2.05) is 0 Å². The first-order chi connectivity index (χ1) is 15.9. The molecule has 1 aliphatic rings. The number of alkyl halides is 2. The number of aromatic nitrogens is 2. The lowest BCUT2D eigenvalue weighted by Crippen LogP contribution is -2.25. The Morgan fingerprint density at radius 1 is 1.24 bits per heavy atom. The highest BCUT2D eigenvalue weighted by Gasteiger charge is 2.20. The number of nitrogens with zero attached hydrogens (tertiary/aromatic N) is 2. The average molecular weight is 494 g/mol. The van der Waals surface area contributed by atoms with Crippen molar-refractivity contribution >= 4 is 50.9 Å². The van der Waals surface area contributed by atoms with Gasteiger partial charge in [0.15, 0.2) is 6.61 Å². The Morgan fingerprint density at radius 2 is 2.03 bits per heavy atom. The molecule has 174 valence electrons. The number of esters is 1. The van der Waals surface area contributed by atoms with Crippen LogP contribution in [-0.2, 0) is 33.7 Å². The molecule has 4 rings (SSSR count). The van der Waals surface area contributed by atoms with Crippen molar-refractivity contribution in [3.8, 4) is 0 Å². The zero-order valence-corrected chi connectivity index (χ0v) is 19.1. The summed E-state index contributed by atoms with van der Waals surface area (Å²) < 4.78 is 31.7. The Labute approximate surface area is 196 Å². The molecule has 2 heterocycles. The number of amides is 1. The number of anilines is 1. The number of nitrogens with one attached hydrogen (secondary N) is 1. The van der Waals surface area contributed by atoms with E-state index in [9.17, 15) is 23.2 Å². The van der Waals surface area contributed by atoms with Gasteiger partial charge in [-0.1, -0.05) is 23.9 Å².